The number of amides is 1. The summed E-state index contributed by atoms with van der Waals surface area (Å²) in [6, 6.07) is 4.23. The smallest absolute Gasteiger partial charge is 0.354 e. The van der Waals surface area contributed by atoms with E-state index in [2.05, 4.69) is 15.4 Å². The number of aromatic nitrogens is 3. The number of carbonyl (C=O) groups is 2. The Morgan fingerprint density at radius 2 is 2.27 bits per heavy atom. The molecule has 2 N–H and O–H groups in total. The first-order valence-corrected chi connectivity index (χ1v) is 6.81. The van der Waals surface area contributed by atoms with Crippen molar-refractivity contribution in [1.82, 2.24) is 14.8 Å². The lowest BCUT2D eigenvalue weighted by atomic mass is 10.2. The van der Waals surface area contributed by atoms with Gasteiger partial charge in [0.25, 0.3) is 0 Å². The molecule has 1 aliphatic rings. The van der Waals surface area contributed by atoms with E-state index in [9.17, 15) is 9.59 Å². The number of nitrogens with zero attached hydrogens (tertiary/aromatic N) is 4. The molecule has 2 aromatic rings. The van der Waals surface area contributed by atoms with Crippen molar-refractivity contribution in [2.45, 2.75) is 12.5 Å². The minimum Gasteiger partial charge on any atom is -0.477 e. The van der Waals surface area contributed by atoms with Gasteiger partial charge in [0.05, 0.1) is 11.9 Å². The Kier molecular flexibility index (Phi) is 3.50. The van der Waals surface area contributed by atoms with Crippen LogP contribution in [0.4, 0.5) is 11.5 Å². The summed E-state index contributed by atoms with van der Waals surface area (Å²) in [5.41, 5.74) is 0.698. The van der Waals surface area contributed by atoms with Gasteiger partial charge in [0.2, 0.25) is 5.91 Å². The Morgan fingerprint density at radius 3 is 2.95 bits per heavy atom. The summed E-state index contributed by atoms with van der Waals surface area (Å²) in [7, 11) is 1.79. The Bertz CT molecular complexity index is 727. The molecule has 3 rings (SSSR count). The fourth-order valence-electron chi connectivity index (χ4n) is 2.43. The summed E-state index contributed by atoms with van der Waals surface area (Å²) in [6.07, 6.45) is 4.04. The molecule has 2 aromatic heterocycles. The third kappa shape index (κ3) is 2.62. The second-order valence-electron chi connectivity index (χ2n) is 5.06. The van der Waals surface area contributed by atoms with Gasteiger partial charge < -0.3 is 15.3 Å². The molecule has 0 aromatic carbocycles. The van der Waals surface area contributed by atoms with Crippen molar-refractivity contribution in [3.05, 3.63) is 36.3 Å². The van der Waals surface area contributed by atoms with Crippen LogP contribution in [-0.2, 0) is 11.8 Å². The molecule has 1 unspecified atom stereocenters. The molecule has 0 aliphatic carbocycles. The molecule has 0 spiro atoms. The summed E-state index contributed by atoms with van der Waals surface area (Å²) >= 11 is 0. The summed E-state index contributed by atoms with van der Waals surface area (Å²) in [4.78, 5) is 29.0. The van der Waals surface area contributed by atoms with E-state index in [0.29, 0.717) is 18.8 Å². The number of rotatable bonds is 4. The van der Waals surface area contributed by atoms with Crippen LogP contribution in [0.3, 0.4) is 0 Å². The van der Waals surface area contributed by atoms with Crippen LogP contribution in [0.5, 0.6) is 0 Å². The molecule has 114 valence electrons. The van der Waals surface area contributed by atoms with E-state index in [1.807, 2.05) is 0 Å². The van der Waals surface area contributed by atoms with Crippen LogP contribution in [0.2, 0.25) is 0 Å². The van der Waals surface area contributed by atoms with Crippen molar-refractivity contribution in [3.8, 4) is 0 Å². The molecule has 0 saturated carbocycles. The minimum atomic E-state index is -1.10. The zero-order valence-electron chi connectivity index (χ0n) is 11.9. The Hall–Kier alpha value is -2.90. The first-order valence-electron chi connectivity index (χ1n) is 6.81. The fourth-order valence-corrected chi connectivity index (χ4v) is 2.43. The van der Waals surface area contributed by atoms with E-state index >= 15 is 0 Å². The number of hydrogen-bond donors (Lipinski definition) is 2. The number of anilines is 2. The van der Waals surface area contributed by atoms with Crippen LogP contribution in [0.1, 0.15) is 16.9 Å². The second-order valence-corrected chi connectivity index (χ2v) is 5.06. The predicted octanol–water partition coefficient (Wildman–Crippen LogP) is 0.731. The van der Waals surface area contributed by atoms with Gasteiger partial charge >= 0.3 is 5.97 Å². The highest BCUT2D eigenvalue weighted by atomic mass is 16.4. The van der Waals surface area contributed by atoms with Gasteiger partial charge in [0.15, 0.2) is 5.69 Å². The van der Waals surface area contributed by atoms with Gasteiger partial charge in [-0.1, -0.05) is 6.07 Å². The van der Waals surface area contributed by atoms with Crippen molar-refractivity contribution in [1.29, 1.82) is 0 Å². The topological polar surface area (TPSA) is 100 Å². The van der Waals surface area contributed by atoms with Crippen LogP contribution in [0.25, 0.3) is 0 Å². The molecule has 0 bridgehead atoms. The molecule has 1 atom stereocenters. The van der Waals surface area contributed by atoms with Gasteiger partial charge in [-0.15, -0.1) is 0 Å². The van der Waals surface area contributed by atoms with Gasteiger partial charge in [0, 0.05) is 19.8 Å². The highest BCUT2D eigenvalue weighted by Crippen LogP contribution is 2.22. The second kappa shape index (κ2) is 5.47. The summed E-state index contributed by atoms with van der Waals surface area (Å²) in [6.45, 7) is 0.584. The molecule has 3 heterocycles. The molecule has 1 fully saturated rings. The van der Waals surface area contributed by atoms with Gasteiger partial charge in [-0.3, -0.25) is 9.48 Å². The third-order valence-corrected chi connectivity index (χ3v) is 3.50. The van der Waals surface area contributed by atoms with Gasteiger partial charge in [-0.25, -0.2) is 9.78 Å². The van der Waals surface area contributed by atoms with Crippen molar-refractivity contribution in [3.63, 3.8) is 0 Å². The average molecular weight is 301 g/mol. The SMILES string of the molecule is Cn1cc(N2CCC(Nc3cccc(C(=O)O)n3)C2=O)cn1. The first kappa shape index (κ1) is 14.1. The number of nitrogens with one attached hydrogen (secondary N) is 1. The largest absolute Gasteiger partial charge is 0.477 e. The van der Waals surface area contributed by atoms with E-state index in [1.54, 1.807) is 41.2 Å². The Morgan fingerprint density at radius 1 is 1.45 bits per heavy atom. The van der Waals surface area contributed by atoms with Crippen molar-refractivity contribution in [2.75, 3.05) is 16.8 Å². The van der Waals surface area contributed by atoms with Crippen LogP contribution in [0.15, 0.2) is 30.6 Å². The normalized spacial score (nSPS) is 17.8. The van der Waals surface area contributed by atoms with Crippen molar-refractivity contribution >= 4 is 23.4 Å². The minimum absolute atomic E-state index is 0.0560. The van der Waals surface area contributed by atoms with Gasteiger partial charge in [-0.05, 0) is 18.6 Å². The number of carboxylic acid groups (broad SMARTS) is 1. The van der Waals surface area contributed by atoms with Crippen molar-refractivity contribution < 1.29 is 14.7 Å². The lowest BCUT2D eigenvalue weighted by Gasteiger charge is -2.15. The third-order valence-electron chi connectivity index (χ3n) is 3.50. The monoisotopic (exact) mass is 301 g/mol. The van der Waals surface area contributed by atoms with E-state index < -0.39 is 12.0 Å². The summed E-state index contributed by atoms with van der Waals surface area (Å²) in [5, 5.41) is 16.0. The summed E-state index contributed by atoms with van der Waals surface area (Å²) < 4.78 is 1.64. The number of carboxylic acids is 1. The number of hydrogen-bond acceptors (Lipinski definition) is 5. The summed E-state index contributed by atoms with van der Waals surface area (Å²) in [5.74, 6) is -0.791. The quantitative estimate of drug-likeness (QED) is 0.863. The van der Waals surface area contributed by atoms with Crippen LogP contribution in [-0.4, -0.2) is 44.3 Å². The number of aromatic carboxylic acids is 1. The zero-order chi connectivity index (χ0) is 15.7. The van der Waals surface area contributed by atoms with Gasteiger partial charge in [-0.2, -0.15) is 5.10 Å². The first-order chi connectivity index (χ1) is 10.5. The lowest BCUT2D eigenvalue weighted by molar-refractivity contribution is -0.117. The van der Waals surface area contributed by atoms with E-state index in [0.717, 1.165) is 5.69 Å². The molecule has 8 nitrogen and oxygen atoms in total. The van der Waals surface area contributed by atoms with E-state index in [-0.39, 0.29) is 11.6 Å². The van der Waals surface area contributed by atoms with Crippen molar-refractivity contribution in [2.24, 2.45) is 7.05 Å². The predicted molar refractivity (Wildman–Crippen MR) is 78.8 cm³/mol. The number of carbonyl (C=O) groups excluding carboxylic acids is 1. The highest BCUT2D eigenvalue weighted by molar-refractivity contribution is 6.00. The molecule has 1 amide bonds. The maximum Gasteiger partial charge on any atom is 0.354 e. The number of pyridine rings is 1. The maximum absolute atomic E-state index is 12.4. The fraction of sp³-hybridized carbons (Fsp3) is 0.286. The molecule has 22 heavy (non-hydrogen) atoms. The Balaban J connectivity index is 1.73. The molecule has 1 saturated heterocycles. The Labute approximate surface area is 126 Å². The molecule has 1 aliphatic heterocycles. The highest BCUT2D eigenvalue weighted by Gasteiger charge is 2.33. The van der Waals surface area contributed by atoms with E-state index in [1.165, 1.54) is 6.07 Å². The standard InChI is InChI=1S/C14H15N5O3/c1-18-8-9(7-15-18)19-6-5-10(13(19)20)16-12-4-2-3-11(17-12)14(21)22/h2-4,7-8,10H,5-6H2,1H3,(H,16,17)(H,21,22). The molecular weight excluding hydrogens is 286 g/mol. The number of aryl methyl sites for hydroxylation is 1. The lowest BCUT2D eigenvalue weighted by Crippen LogP contribution is -2.33. The maximum atomic E-state index is 12.4. The molecule has 8 heteroatoms. The van der Waals surface area contributed by atoms with Crippen LogP contribution < -0.4 is 10.2 Å². The van der Waals surface area contributed by atoms with Crippen LogP contribution in [0, 0.1) is 0 Å². The average Bonchev–Trinajstić information content (AvgIpc) is 3.06. The molecule has 0 radical (unpaired) electrons. The van der Waals surface area contributed by atoms with Gasteiger partial charge in [0.1, 0.15) is 11.9 Å². The molecular formula is C14H15N5O3. The van der Waals surface area contributed by atoms with Crippen LogP contribution >= 0.6 is 0 Å². The zero-order valence-corrected chi connectivity index (χ0v) is 11.9. The van der Waals surface area contributed by atoms with E-state index in [4.69, 9.17) is 5.11 Å².